The van der Waals surface area contributed by atoms with E-state index in [1.54, 1.807) is 25.1 Å². The molecular formula is C11H8FN5O. The molecule has 90 valence electrons. The lowest BCUT2D eigenvalue weighted by Gasteiger charge is -2.05. The number of hydrogen-bond acceptors (Lipinski definition) is 4. The van der Waals surface area contributed by atoms with E-state index in [1.165, 1.54) is 6.07 Å². The number of hydrogen-bond donors (Lipinski definition) is 1. The van der Waals surface area contributed by atoms with Gasteiger partial charge in [0.05, 0.1) is 5.69 Å². The van der Waals surface area contributed by atoms with Gasteiger partial charge in [-0.3, -0.25) is 4.79 Å². The molecule has 2 aromatic heterocycles. The molecule has 0 aliphatic carbocycles. The topological polar surface area (TPSA) is 75.9 Å². The molecule has 0 aliphatic heterocycles. The normalized spacial score (nSPS) is 11.0. The van der Waals surface area contributed by atoms with E-state index in [9.17, 15) is 9.18 Å². The van der Waals surface area contributed by atoms with Crippen molar-refractivity contribution in [2.75, 3.05) is 0 Å². The van der Waals surface area contributed by atoms with Gasteiger partial charge in [-0.25, -0.2) is 9.37 Å². The number of H-pyrrole nitrogens is 1. The van der Waals surface area contributed by atoms with Crippen molar-refractivity contribution in [2.45, 2.75) is 6.92 Å². The molecule has 0 radical (unpaired) electrons. The smallest absolute Gasteiger partial charge is 0.267 e. The summed E-state index contributed by atoms with van der Waals surface area (Å²) < 4.78 is 14.8. The Morgan fingerprint density at radius 3 is 2.89 bits per heavy atom. The summed E-state index contributed by atoms with van der Waals surface area (Å²) in [6, 6.07) is 6.15. The van der Waals surface area contributed by atoms with E-state index in [2.05, 4.69) is 20.5 Å². The van der Waals surface area contributed by atoms with E-state index in [1.807, 2.05) is 0 Å². The van der Waals surface area contributed by atoms with E-state index >= 15 is 0 Å². The van der Waals surface area contributed by atoms with Gasteiger partial charge >= 0.3 is 0 Å². The molecule has 3 aromatic rings. The van der Waals surface area contributed by atoms with Crippen LogP contribution in [0.15, 0.2) is 29.1 Å². The van der Waals surface area contributed by atoms with Crippen molar-refractivity contribution in [3.05, 3.63) is 46.0 Å². The summed E-state index contributed by atoms with van der Waals surface area (Å²) in [6.45, 7) is 1.59. The minimum atomic E-state index is -0.430. The molecule has 7 heteroatoms. The predicted molar refractivity (Wildman–Crippen MR) is 61.5 cm³/mol. The van der Waals surface area contributed by atoms with Crippen LogP contribution < -0.4 is 5.56 Å². The van der Waals surface area contributed by atoms with Crippen LogP contribution in [-0.2, 0) is 0 Å². The van der Waals surface area contributed by atoms with E-state index < -0.39 is 5.82 Å². The van der Waals surface area contributed by atoms with Gasteiger partial charge in [-0.1, -0.05) is 17.2 Å². The van der Waals surface area contributed by atoms with E-state index in [-0.39, 0.29) is 22.6 Å². The second kappa shape index (κ2) is 3.73. The van der Waals surface area contributed by atoms with E-state index in [4.69, 9.17) is 0 Å². The largest absolute Gasteiger partial charge is 0.278 e. The zero-order valence-electron chi connectivity index (χ0n) is 9.38. The highest BCUT2D eigenvalue weighted by atomic mass is 19.1. The molecule has 0 aliphatic rings. The summed E-state index contributed by atoms with van der Waals surface area (Å²) in [6.07, 6.45) is 0. The summed E-state index contributed by atoms with van der Waals surface area (Å²) in [5.74, 6) is -0.316. The second-order valence-corrected chi connectivity index (χ2v) is 3.81. The molecule has 6 nitrogen and oxygen atoms in total. The highest BCUT2D eigenvalue weighted by molar-refractivity contribution is 5.64. The molecule has 0 atom stereocenters. The summed E-state index contributed by atoms with van der Waals surface area (Å²) in [5.41, 5.74) is 0.552. The zero-order valence-corrected chi connectivity index (χ0v) is 9.38. The van der Waals surface area contributed by atoms with Crippen molar-refractivity contribution >= 4 is 5.78 Å². The third kappa shape index (κ3) is 1.41. The van der Waals surface area contributed by atoms with Crippen LogP contribution in [0.2, 0.25) is 0 Å². The SMILES string of the molecule is Cc1c(-c2ccccc2F)nc2nn[nH]n2c1=O. The fourth-order valence-electron chi connectivity index (χ4n) is 1.78. The molecule has 18 heavy (non-hydrogen) atoms. The van der Waals surface area contributed by atoms with Gasteiger partial charge in [0.1, 0.15) is 5.82 Å². The van der Waals surface area contributed by atoms with Crippen molar-refractivity contribution in [2.24, 2.45) is 0 Å². The number of tetrazole rings is 1. The number of nitrogens with one attached hydrogen (secondary N) is 1. The Hall–Kier alpha value is -2.57. The number of fused-ring (bicyclic) bond motifs is 1. The first-order valence-electron chi connectivity index (χ1n) is 5.24. The number of aromatic amines is 1. The third-order valence-corrected chi connectivity index (χ3v) is 2.70. The number of aromatic nitrogens is 5. The standard InChI is InChI=1S/C11H8FN5O/c1-6-9(7-4-2-3-5-8(7)12)13-11-14-15-16-17(11)10(6)18/h2-5H,1H3,(H,13,14,16). The van der Waals surface area contributed by atoms with E-state index in [0.29, 0.717) is 5.56 Å². The van der Waals surface area contributed by atoms with Gasteiger partial charge in [0.15, 0.2) is 0 Å². The number of halogens is 1. The van der Waals surface area contributed by atoms with Crippen molar-refractivity contribution in [1.29, 1.82) is 0 Å². The van der Waals surface area contributed by atoms with Crippen LogP contribution in [0.3, 0.4) is 0 Å². The van der Waals surface area contributed by atoms with Gasteiger partial charge in [0, 0.05) is 11.1 Å². The van der Waals surface area contributed by atoms with Gasteiger partial charge in [-0.2, -0.15) is 9.73 Å². The lowest BCUT2D eigenvalue weighted by molar-refractivity contribution is 0.630. The molecule has 0 saturated heterocycles. The fourth-order valence-corrected chi connectivity index (χ4v) is 1.78. The molecule has 1 N–H and O–H groups in total. The van der Waals surface area contributed by atoms with Crippen LogP contribution in [0.4, 0.5) is 4.39 Å². The van der Waals surface area contributed by atoms with Crippen molar-refractivity contribution in [3.63, 3.8) is 0 Å². The van der Waals surface area contributed by atoms with Crippen LogP contribution >= 0.6 is 0 Å². The van der Waals surface area contributed by atoms with Crippen molar-refractivity contribution in [1.82, 2.24) is 25.0 Å². The maximum Gasteiger partial charge on any atom is 0.278 e. The first-order chi connectivity index (χ1) is 8.68. The van der Waals surface area contributed by atoms with Crippen molar-refractivity contribution in [3.8, 4) is 11.3 Å². The Balaban J connectivity index is 2.40. The molecule has 0 fully saturated rings. The molecule has 3 rings (SSSR count). The Bertz CT molecular complexity index is 791. The number of rotatable bonds is 1. The van der Waals surface area contributed by atoms with Gasteiger partial charge in [-0.15, -0.1) is 0 Å². The van der Waals surface area contributed by atoms with Crippen LogP contribution in [0.25, 0.3) is 17.0 Å². The molecule has 0 spiro atoms. The van der Waals surface area contributed by atoms with Gasteiger partial charge < -0.3 is 0 Å². The average Bonchev–Trinajstić information content (AvgIpc) is 2.83. The molecule has 1 aromatic carbocycles. The lowest BCUT2D eigenvalue weighted by Crippen LogP contribution is -2.19. The minimum Gasteiger partial charge on any atom is -0.267 e. The lowest BCUT2D eigenvalue weighted by atomic mass is 10.1. The van der Waals surface area contributed by atoms with Crippen LogP contribution in [0.5, 0.6) is 0 Å². The molecule has 0 amide bonds. The predicted octanol–water partition coefficient (Wildman–Crippen LogP) is 0.927. The van der Waals surface area contributed by atoms with Gasteiger partial charge in [0.25, 0.3) is 11.3 Å². The first kappa shape index (κ1) is 10.6. The highest BCUT2D eigenvalue weighted by Crippen LogP contribution is 2.22. The van der Waals surface area contributed by atoms with Gasteiger partial charge in [0.2, 0.25) is 0 Å². The van der Waals surface area contributed by atoms with Crippen molar-refractivity contribution < 1.29 is 4.39 Å². The Morgan fingerprint density at radius 1 is 1.33 bits per heavy atom. The monoisotopic (exact) mass is 245 g/mol. The highest BCUT2D eigenvalue weighted by Gasteiger charge is 2.15. The summed E-state index contributed by atoms with van der Waals surface area (Å²) in [5, 5.41) is 9.56. The maximum atomic E-state index is 13.7. The summed E-state index contributed by atoms with van der Waals surface area (Å²) in [7, 11) is 0. The quantitative estimate of drug-likeness (QED) is 0.691. The summed E-state index contributed by atoms with van der Waals surface area (Å²) >= 11 is 0. The molecule has 0 saturated carbocycles. The van der Waals surface area contributed by atoms with Gasteiger partial charge in [-0.05, 0) is 24.3 Å². The second-order valence-electron chi connectivity index (χ2n) is 3.81. The fraction of sp³-hybridized carbons (Fsp3) is 0.0909. The Labute approximate surface area is 100 Å². The Morgan fingerprint density at radius 2 is 2.11 bits per heavy atom. The molecule has 2 heterocycles. The van der Waals surface area contributed by atoms with Crippen LogP contribution in [-0.4, -0.2) is 25.0 Å². The average molecular weight is 245 g/mol. The molecule has 0 bridgehead atoms. The minimum absolute atomic E-state index is 0.115. The molecule has 0 unspecified atom stereocenters. The van der Waals surface area contributed by atoms with E-state index in [0.717, 1.165) is 4.52 Å². The first-order valence-corrected chi connectivity index (χ1v) is 5.24. The number of nitrogens with zero attached hydrogens (tertiary/aromatic N) is 4. The van der Waals surface area contributed by atoms with Crippen LogP contribution in [0.1, 0.15) is 5.56 Å². The third-order valence-electron chi connectivity index (χ3n) is 2.70. The number of benzene rings is 1. The van der Waals surface area contributed by atoms with Crippen LogP contribution in [0, 0.1) is 12.7 Å². The summed E-state index contributed by atoms with van der Waals surface area (Å²) in [4.78, 5) is 16.1. The zero-order chi connectivity index (χ0) is 12.7. The molecular weight excluding hydrogens is 237 g/mol. The Kier molecular flexibility index (Phi) is 2.19. The maximum absolute atomic E-state index is 13.7.